The zero-order valence-electron chi connectivity index (χ0n) is 7.97. The van der Waals surface area contributed by atoms with E-state index >= 15 is 0 Å². The van der Waals surface area contributed by atoms with Gasteiger partial charge in [-0.25, -0.2) is 0 Å². The molecule has 0 rings (SSSR count). The van der Waals surface area contributed by atoms with Gasteiger partial charge in [0.2, 0.25) is 0 Å². The minimum atomic E-state index is 0.849. The maximum atomic E-state index is 5.52. The van der Waals surface area contributed by atoms with Crippen molar-refractivity contribution in [2.24, 2.45) is 11.7 Å². The lowest BCUT2D eigenvalue weighted by atomic mass is 9.94. The molecule has 11 heavy (non-hydrogen) atoms. The highest BCUT2D eigenvalue weighted by atomic mass is 14.5. The Bertz CT molecular complexity index is 65.3. The predicted molar refractivity (Wildman–Crippen MR) is 51.3 cm³/mol. The molecule has 0 aromatic rings. The van der Waals surface area contributed by atoms with Crippen molar-refractivity contribution < 1.29 is 0 Å². The van der Waals surface area contributed by atoms with Gasteiger partial charge in [0.1, 0.15) is 0 Å². The van der Waals surface area contributed by atoms with Crippen molar-refractivity contribution in [2.45, 2.75) is 46.0 Å². The molecule has 0 bridgehead atoms. The standard InChI is InChI=1S/C10H22N/c1-3-5-7-10(6-4-2)8-9-11/h4,10H,3,5-9,11H2,1-2H3. The summed E-state index contributed by atoms with van der Waals surface area (Å²) in [4.78, 5) is 0. The fraction of sp³-hybridized carbons (Fsp3) is 0.900. The summed E-state index contributed by atoms with van der Waals surface area (Å²) >= 11 is 0. The van der Waals surface area contributed by atoms with Crippen molar-refractivity contribution in [2.75, 3.05) is 6.54 Å². The lowest BCUT2D eigenvalue weighted by molar-refractivity contribution is 0.434. The van der Waals surface area contributed by atoms with Crippen LogP contribution in [-0.4, -0.2) is 6.54 Å². The van der Waals surface area contributed by atoms with Crippen molar-refractivity contribution >= 4 is 0 Å². The second-order valence-corrected chi connectivity index (χ2v) is 3.23. The third-order valence-corrected chi connectivity index (χ3v) is 2.11. The summed E-state index contributed by atoms with van der Waals surface area (Å²) in [6.07, 6.45) is 8.73. The quantitative estimate of drug-likeness (QED) is 0.602. The zero-order chi connectivity index (χ0) is 8.53. The van der Waals surface area contributed by atoms with Gasteiger partial charge in [-0.05, 0) is 31.7 Å². The Labute approximate surface area is 71.4 Å². The van der Waals surface area contributed by atoms with Gasteiger partial charge in [0.05, 0.1) is 0 Å². The number of nitrogens with two attached hydrogens (primary N) is 1. The molecule has 0 aromatic carbocycles. The molecule has 0 heterocycles. The van der Waals surface area contributed by atoms with Crippen LogP contribution in [0, 0.1) is 12.3 Å². The Hall–Kier alpha value is -0.0400. The van der Waals surface area contributed by atoms with E-state index in [2.05, 4.69) is 20.3 Å². The molecule has 0 saturated heterocycles. The molecule has 1 unspecified atom stereocenters. The summed E-state index contributed by atoms with van der Waals surface area (Å²) < 4.78 is 0. The molecular weight excluding hydrogens is 134 g/mol. The molecule has 0 aliphatic heterocycles. The van der Waals surface area contributed by atoms with Crippen LogP contribution in [0.3, 0.4) is 0 Å². The van der Waals surface area contributed by atoms with Gasteiger partial charge in [0, 0.05) is 0 Å². The second kappa shape index (κ2) is 8.06. The van der Waals surface area contributed by atoms with Crippen molar-refractivity contribution in [1.82, 2.24) is 0 Å². The van der Waals surface area contributed by atoms with Crippen molar-refractivity contribution in [1.29, 1.82) is 0 Å². The van der Waals surface area contributed by atoms with E-state index in [1.165, 1.54) is 32.1 Å². The highest BCUT2D eigenvalue weighted by molar-refractivity contribution is 4.67. The predicted octanol–water partition coefficient (Wildman–Crippen LogP) is 2.76. The average Bonchev–Trinajstić information content (AvgIpc) is 2.01. The number of hydrogen-bond donors (Lipinski definition) is 1. The van der Waals surface area contributed by atoms with Gasteiger partial charge < -0.3 is 5.73 Å². The zero-order valence-corrected chi connectivity index (χ0v) is 7.97. The van der Waals surface area contributed by atoms with E-state index in [4.69, 9.17) is 5.73 Å². The van der Waals surface area contributed by atoms with Crippen LogP contribution in [0.2, 0.25) is 0 Å². The molecule has 1 heteroatoms. The topological polar surface area (TPSA) is 26.0 Å². The molecule has 0 spiro atoms. The second-order valence-electron chi connectivity index (χ2n) is 3.23. The van der Waals surface area contributed by atoms with Crippen molar-refractivity contribution in [3.05, 3.63) is 6.42 Å². The van der Waals surface area contributed by atoms with E-state index in [1.807, 2.05) is 0 Å². The summed E-state index contributed by atoms with van der Waals surface area (Å²) in [5, 5.41) is 0. The maximum absolute atomic E-state index is 5.52. The third kappa shape index (κ3) is 6.36. The van der Waals surface area contributed by atoms with Gasteiger partial charge in [0.25, 0.3) is 0 Å². The fourth-order valence-corrected chi connectivity index (χ4v) is 1.44. The maximum Gasteiger partial charge on any atom is -0.00746 e. The molecule has 1 nitrogen and oxygen atoms in total. The Morgan fingerprint density at radius 2 is 2.09 bits per heavy atom. The lowest BCUT2D eigenvalue weighted by Gasteiger charge is -2.13. The highest BCUT2D eigenvalue weighted by Gasteiger charge is 2.04. The van der Waals surface area contributed by atoms with E-state index in [0.717, 1.165) is 12.5 Å². The SMILES string of the molecule is C[CH]CC(CCN)CCCC. The number of rotatable bonds is 7. The summed E-state index contributed by atoms with van der Waals surface area (Å²) in [5.41, 5.74) is 5.52. The highest BCUT2D eigenvalue weighted by Crippen LogP contribution is 2.17. The molecule has 0 aliphatic carbocycles. The van der Waals surface area contributed by atoms with Gasteiger partial charge in [-0.15, -0.1) is 0 Å². The van der Waals surface area contributed by atoms with Crippen LogP contribution in [0.1, 0.15) is 46.0 Å². The fourth-order valence-electron chi connectivity index (χ4n) is 1.44. The molecule has 0 aliphatic rings. The van der Waals surface area contributed by atoms with E-state index in [9.17, 15) is 0 Å². The average molecular weight is 156 g/mol. The van der Waals surface area contributed by atoms with Crippen LogP contribution in [0.5, 0.6) is 0 Å². The first-order chi connectivity index (χ1) is 5.35. The van der Waals surface area contributed by atoms with E-state index in [-0.39, 0.29) is 0 Å². The van der Waals surface area contributed by atoms with Crippen LogP contribution < -0.4 is 5.73 Å². The summed E-state index contributed by atoms with van der Waals surface area (Å²) in [7, 11) is 0. The molecule has 1 atom stereocenters. The van der Waals surface area contributed by atoms with Gasteiger partial charge in [-0.2, -0.15) is 0 Å². The van der Waals surface area contributed by atoms with Crippen molar-refractivity contribution in [3.8, 4) is 0 Å². The minimum absolute atomic E-state index is 0.849. The van der Waals surface area contributed by atoms with Gasteiger partial charge in [-0.3, -0.25) is 0 Å². The normalized spacial score (nSPS) is 13.4. The Kier molecular flexibility index (Phi) is 8.03. The summed E-state index contributed by atoms with van der Waals surface area (Å²) in [5.74, 6) is 0.852. The van der Waals surface area contributed by atoms with Gasteiger partial charge in [-0.1, -0.05) is 33.1 Å². The van der Waals surface area contributed by atoms with Crippen LogP contribution in [-0.2, 0) is 0 Å². The molecule has 67 valence electrons. The smallest absolute Gasteiger partial charge is 0.00746 e. The first kappa shape index (κ1) is 11.0. The molecular formula is C10H22N. The molecule has 1 radical (unpaired) electrons. The van der Waals surface area contributed by atoms with Gasteiger partial charge in [0.15, 0.2) is 0 Å². The van der Waals surface area contributed by atoms with Crippen molar-refractivity contribution in [3.63, 3.8) is 0 Å². The van der Waals surface area contributed by atoms with Crippen LogP contribution >= 0.6 is 0 Å². The third-order valence-electron chi connectivity index (χ3n) is 2.11. The number of hydrogen-bond acceptors (Lipinski definition) is 1. The van der Waals surface area contributed by atoms with E-state index in [0.29, 0.717) is 0 Å². The summed E-state index contributed by atoms with van der Waals surface area (Å²) in [6.45, 7) is 5.23. The molecule has 0 fully saturated rings. The largest absolute Gasteiger partial charge is 0.330 e. The van der Waals surface area contributed by atoms with Crippen LogP contribution in [0.25, 0.3) is 0 Å². The monoisotopic (exact) mass is 156 g/mol. The van der Waals surface area contributed by atoms with Crippen LogP contribution in [0.15, 0.2) is 0 Å². The Morgan fingerprint density at radius 3 is 2.55 bits per heavy atom. The summed E-state index contributed by atoms with van der Waals surface area (Å²) in [6, 6.07) is 0. The number of unbranched alkanes of at least 4 members (excludes halogenated alkanes) is 1. The minimum Gasteiger partial charge on any atom is -0.330 e. The first-order valence-electron chi connectivity index (χ1n) is 4.83. The van der Waals surface area contributed by atoms with E-state index in [1.54, 1.807) is 0 Å². The molecule has 2 N–H and O–H groups in total. The van der Waals surface area contributed by atoms with Gasteiger partial charge >= 0.3 is 0 Å². The molecule has 0 saturated carbocycles. The first-order valence-corrected chi connectivity index (χ1v) is 4.83. The molecule has 0 aromatic heterocycles. The van der Waals surface area contributed by atoms with Crippen LogP contribution in [0.4, 0.5) is 0 Å². The lowest BCUT2D eigenvalue weighted by Crippen LogP contribution is -2.08. The Balaban J connectivity index is 3.34. The molecule has 0 amide bonds. The van der Waals surface area contributed by atoms with E-state index < -0.39 is 0 Å². The Morgan fingerprint density at radius 1 is 1.36 bits per heavy atom.